The molecule has 0 aliphatic rings. The zero-order chi connectivity index (χ0) is 15.5. The first-order valence-corrected chi connectivity index (χ1v) is 7.56. The number of fused-ring (bicyclic) bond motifs is 1. The van der Waals surface area contributed by atoms with E-state index in [0.29, 0.717) is 6.54 Å². The summed E-state index contributed by atoms with van der Waals surface area (Å²) in [5, 5.41) is 7.86. The van der Waals surface area contributed by atoms with Crippen molar-refractivity contribution in [3.63, 3.8) is 0 Å². The number of anilines is 1. The van der Waals surface area contributed by atoms with Gasteiger partial charge in [0.2, 0.25) is 0 Å². The van der Waals surface area contributed by atoms with E-state index < -0.39 is 0 Å². The van der Waals surface area contributed by atoms with Gasteiger partial charge in [0.25, 0.3) is 0 Å². The molecule has 0 spiro atoms. The van der Waals surface area contributed by atoms with E-state index in [2.05, 4.69) is 57.9 Å². The highest BCUT2D eigenvalue weighted by Gasteiger charge is 2.06. The first-order chi connectivity index (χ1) is 11.4. The number of hydrogen-bond donors (Lipinski definition) is 1. The number of aromatic nitrogens is 3. The van der Waals surface area contributed by atoms with Crippen molar-refractivity contribution in [1.82, 2.24) is 14.6 Å². The van der Waals surface area contributed by atoms with Crippen molar-refractivity contribution in [2.24, 2.45) is 0 Å². The van der Waals surface area contributed by atoms with E-state index >= 15 is 0 Å². The molecule has 4 rings (SSSR count). The molecule has 0 aliphatic carbocycles. The summed E-state index contributed by atoms with van der Waals surface area (Å²) in [6.45, 7) is 0.709. The van der Waals surface area contributed by atoms with E-state index in [1.807, 2.05) is 35.1 Å². The van der Waals surface area contributed by atoms with E-state index in [1.54, 1.807) is 6.20 Å². The van der Waals surface area contributed by atoms with Crippen LogP contribution in [0.1, 0.15) is 5.56 Å². The second-order valence-electron chi connectivity index (χ2n) is 5.38. The maximum absolute atomic E-state index is 4.40. The highest BCUT2D eigenvalue weighted by Crippen LogP contribution is 2.25. The smallest absolute Gasteiger partial charge is 0.129 e. The maximum Gasteiger partial charge on any atom is 0.129 e. The molecule has 4 nitrogen and oxygen atoms in total. The van der Waals surface area contributed by atoms with Crippen LogP contribution < -0.4 is 5.32 Å². The summed E-state index contributed by atoms with van der Waals surface area (Å²) in [7, 11) is 0. The average Bonchev–Trinajstić information content (AvgIpc) is 3.10. The predicted molar refractivity (Wildman–Crippen MR) is 92.2 cm³/mol. The molecule has 0 unspecified atom stereocenters. The van der Waals surface area contributed by atoms with Crippen LogP contribution in [0.15, 0.2) is 79.3 Å². The monoisotopic (exact) mass is 300 g/mol. The Morgan fingerprint density at radius 1 is 0.870 bits per heavy atom. The second-order valence-corrected chi connectivity index (χ2v) is 5.38. The Labute approximate surface area is 134 Å². The van der Waals surface area contributed by atoms with Crippen molar-refractivity contribution < 1.29 is 0 Å². The average molecular weight is 300 g/mol. The van der Waals surface area contributed by atoms with Crippen molar-refractivity contribution in [2.75, 3.05) is 5.32 Å². The van der Waals surface area contributed by atoms with Crippen LogP contribution in [-0.4, -0.2) is 14.6 Å². The van der Waals surface area contributed by atoms with Gasteiger partial charge in [-0.05, 0) is 41.0 Å². The van der Waals surface area contributed by atoms with Gasteiger partial charge in [0.05, 0.1) is 11.7 Å². The third-order valence-corrected chi connectivity index (χ3v) is 3.80. The fourth-order valence-electron chi connectivity index (χ4n) is 2.65. The topological polar surface area (TPSA) is 42.2 Å². The molecule has 3 heterocycles. The Kier molecular flexibility index (Phi) is 3.48. The minimum atomic E-state index is 0.709. The highest BCUT2D eigenvalue weighted by atomic mass is 15.3. The molecule has 0 aliphatic heterocycles. The summed E-state index contributed by atoms with van der Waals surface area (Å²) in [5.74, 6) is 0.968. The maximum atomic E-state index is 4.40. The third kappa shape index (κ3) is 2.79. The van der Waals surface area contributed by atoms with E-state index in [9.17, 15) is 0 Å². The molecule has 0 amide bonds. The minimum Gasteiger partial charge on any atom is -0.366 e. The summed E-state index contributed by atoms with van der Waals surface area (Å²) in [5.41, 5.74) is 4.57. The summed E-state index contributed by atoms with van der Waals surface area (Å²) in [6.07, 6.45) is 5.47. The molecule has 0 fully saturated rings. The molecule has 1 N–H and O–H groups in total. The first kappa shape index (κ1) is 13.5. The molecular formula is C19H16N4. The van der Waals surface area contributed by atoms with Crippen LogP contribution in [0.25, 0.3) is 16.6 Å². The van der Waals surface area contributed by atoms with Gasteiger partial charge in [-0.15, -0.1) is 0 Å². The molecule has 0 bridgehead atoms. The number of pyridine rings is 2. The van der Waals surface area contributed by atoms with Gasteiger partial charge in [0.1, 0.15) is 5.82 Å². The largest absolute Gasteiger partial charge is 0.366 e. The fourth-order valence-corrected chi connectivity index (χ4v) is 2.65. The van der Waals surface area contributed by atoms with Crippen molar-refractivity contribution >= 4 is 11.3 Å². The molecule has 0 atom stereocenters. The van der Waals surface area contributed by atoms with E-state index in [1.165, 1.54) is 11.1 Å². The Balaban J connectivity index is 1.71. The quantitative estimate of drug-likeness (QED) is 0.619. The van der Waals surface area contributed by atoms with Crippen LogP contribution in [0.5, 0.6) is 0 Å². The van der Waals surface area contributed by atoms with Gasteiger partial charge in [-0.3, -0.25) is 4.98 Å². The van der Waals surface area contributed by atoms with Gasteiger partial charge < -0.3 is 5.32 Å². The Morgan fingerprint density at radius 3 is 2.61 bits per heavy atom. The fraction of sp³-hybridized carbons (Fsp3) is 0.0526. The number of nitrogens with one attached hydrogen (secondary N) is 1. The molecule has 112 valence electrons. The lowest BCUT2D eigenvalue weighted by molar-refractivity contribution is 0.942. The Bertz CT molecular complexity index is 914. The summed E-state index contributed by atoms with van der Waals surface area (Å²) >= 11 is 0. The molecule has 0 radical (unpaired) electrons. The van der Waals surface area contributed by atoms with Gasteiger partial charge >= 0.3 is 0 Å². The lowest BCUT2D eigenvalue weighted by Gasteiger charge is -2.11. The Morgan fingerprint density at radius 2 is 1.78 bits per heavy atom. The molecule has 0 saturated heterocycles. The number of hydrogen-bond acceptors (Lipinski definition) is 3. The zero-order valence-corrected chi connectivity index (χ0v) is 12.6. The van der Waals surface area contributed by atoms with Crippen molar-refractivity contribution in [1.29, 1.82) is 0 Å². The molecule has 1 aromatic carbocycles. The molecular weight excluding hydrogens is 284 g/mol. The van der Waals surface area contributed by atoms with Crippen molar-refractivity contribution in [3.05, 3.63) is 84.8 Å². The summed E-state index contributed by atoms with van der Waals surface area (Å²) in [4.78, 5) is 4.15. The lowest BCUT2D eigenvalue weighted by atomic mass is 10.1. The van der Waals surface area contributed by atoms with Gasteiger partial charge in [-0.2, -0.15) is 5.10 Å². The van der Waals surface area contributed by atoms with Crippen molar-refractivity contribution in [3.8, 4) is 11.1 Å². The molecule has 0 saturated carbocycles. The SMILES string of the molecule is c1ccc(-c2cc(NCc3cccnc3)n3nccc3c2)cc1. The van der Waals surface area contributed by atoms with Gasteiger partial charge in [-0.25, -0.2) is 4.52 Å². The van der Waals surface area contributed by atoms with Crippen LogP contribution in [0.4, 0.5) is 5.82 Å². The normalized spacial score (nSPS) is 10.8. The second kappa shape index (κ2) is 5.93. The lowest BCUT2D eigenvalue weighted by Crippen LogP contribution is -2.05. The van der Waals surface area contributed by atoms with Gasteiger partial charge in [0.15, 0.2) is 0 Å². The first-order valence-electron chi connectivity index (χ1n) is 7.56. The summed E-state index contributed by atoms with van der Waals surface area (Å²) in [6, 6.07) is 20.7. The van der Waals surface area contributed by atoms with E-state index in [4.69, 9.17) is 0 Å². The molecule has 3 aromatic heterocycles. The molecule has 4 aromatic rings. The van der Waals surface area contributed by atoms with Crippen LogP contribution >= 0.6 is 0 Å². The van der Waals surface area contributed by atoms with Gasteiger partial charge in [0, 0.05) is 18.9 Å². The number of benzene rings is 1. The van der Waals surface area contributed by atoms with E-state index in [0.717, 1.165) is 16.9 Å². The molecule has 4 heteroatoms. The molecule has 23 heavy (non-hydrogen) atoms. The number of nitrogens with zero attached hydrogens (tertiary/aromatic N) is 3. The van der Waals surface area contributed by atoms with Gasteiger partial charge in [-0.1, -0.05) is 36.4 Å². The third-order valence-electron chi connectivity index (χ3n) is 3.80. The van der Waals surface area contributed by atoms with Crippen LogP contribution in [0.2, 0.25) is 0 Å². The van der Waals surface area contributed by atoms with Crippen LogP contribution in [0, 0.1) is 0 Å². The van der Waals surface area contributed by atoms with Crippen LogP contribution in [0.3, 0.4) is 0 Å². The van der Waals surface area contributed by atoms with E-state index in [-0.39, 0.29) is 0 Å². The number of rotatable bonds is 4. The minimum absolute atomic E-state index is 0.709. The standard InChI is InChI=1S/C19H16N4/c1-2-6-16(7-3-1)17-11-18-8-10-22-23(18)19(12-17)21-14-15-5-4-9-20-13-15/h1-13,21H,14H2. The highest BCUT2D eigenvalue weighted by molar-refractivity contribution is 5.73. The Hall–Kier alpha value is -3.14. The zero-order valence-electron chi connectivity index (χ0n) is 12.6. The summed E-state index contributed by atoms with van der Waals surface area (Å²) < 4.78 is 1.92. The van der Waals surface area contributed by atoms with Crippen LogP contribution in [-0.2, 0) is 6.54 Å². The predicted octanol–water partition coefficient (Wildman–Crippen LogP) is 4.01. The van der Waals surface area contributed by atoms with Crippen molar-refractivity contribution in [2.45, 2.75) is 6.54 Å².